The molecule has 5 heteroatoms. The van der Waals surface area contributed by atoms with E-state index < -0.39 is 11.7 Å². The highest BCUT2D eigenvalue weighted by atomic mass is 16.6. The molecule has 0 aliphatic heterocycles. The van der Waals surface area contributed by atoms with Crippen LogP contribution in [0, 0.1) is 11.8 Å². The third-order valence-corrected chi connectivity index (χ3v) is 4.35. The van der Waals surface area contributed by atoms with E-state index in [0.717, 1.165) is 5.75 Å². The van der Waals surface area contributed by atoms with Crippen LogP contribution < -0.4 is 9.47 Å². The average molecular weight is 417 g/mol. The molecule has 0 unspecified atom stereocenters. The lowest BCUT2D eigenvalue weighted by Gasteiger charge is -2.32. The van der Waals surface area contributed by atoms with Crippen molar-refractivity contribution in [3.63, 3.8) is 0 Å². The molecule has 1 N–H and O–H groups in total. The van der Waals surface area contributed by atoms with Gasteiger partial charge in [0.1, 0.15) is 17.6 Å². The molecule has 0 aromatic heterocycles. The molecule has 2 rings (SSSR count). The molecule has 0 amide bonds. The first-order chi connectivity index (χ1) is 14.1. The molecule has 0 bridgehead atoms. The minimum atomic E-state index is -0.829. The Morgan fingerprint density at radius 1 is 0.800 bits per heavy atom. The molecule has 2 aromatic carbocycles. The summed E-state index contributed by atoms with van der Waals surface area (Å²) in [5.41, 5.74) is -0.829. The second-order valence-electron chi connectivity index (χ2n) is 8.37. The summed E-state index contributed by atoms with van der Waals surface area (Å²) in [5.74, 6) is 1.50. The molecule has 0 heterocycles. The summed E-state index contributed by atoms with van der Waals surface area (Å²) in [6.45, 7) is 11.5. The zero-order valence-electron chi connectivity index (χ0n) is 19.2. The van der Waals surface area contributed by atoms with Gasteiger partial charge in [0.2, 0.25) is 0 Å². The van der Waals surface area contributed by atoms with Gasteiger partial charge >= 0.3 is 5.97 Å². The molecule has 2 atom stereocenters. The number of hydrogen-bond acceptors (Lipinski definition) is 5. The number of esters is 1. The van der Waals surface area contributed by atoms with Gasteiger partial charge in [0.15, 0.2) is 6.10 Å². The second-order valence-corrected chi connectivity index (χ2v) is 8.37. The first-order valence-electron chi connectivity index (χ1n) is 10.3. The Kier molecular flexibility index (Phi) is 10.4. The maximum atomic E-state index is 11.4. The number of hydrogen-bond donors (Lipinski definition) is 1. The smallest absolute Gasteiger partial charge is 0.347 e. The van der Waals surface area contributed by atoms with Crippen LogP contribution in [0.2, 0.25) is 0 Å². The number of para-hydroxylation sites is 2. The molecule has 0 fully saturated rings. The van der Waals surface area contributed by atoms with Crippen molar-refractivity contribution in [2.75, 3.05) is 7.11 Å². The molecule has 0 aliphatic rings. The van der Waals surface area contributed by atoms with Crippen molar-refractivity contribution in [1.82, 2.24) is 0 Å². The zero-order valence-corrected chi connectivity index (χ0v) is 19.2. The molecule has 0 spiro atoms. The number of aliphatic hydroxyl groups is 1. The highest BCUT2D eigenvalue weighted by Gasteiger charge is 2.31. The minimum Gasteiger partial charge on any atom is -0.487 e. The van der Waals surface area contributed by atoms with E-state index in [1.165, 1.54) is 7.11 Å². The lowest BCUT2D eigenvalue weighted by Crippen LogP contribution is -2.44. The molecule has 0 radical (unpaired) electrons. The third kappa shape index (κ3) is 8.87. The fourth-order valence-electron chi connectivity index (χ4n) is 2.96. The van der Waals surface area contributed by atoms with Gasteiger partial charge in [-0.3, -0.25) is 0 Å². The summed E-state index contributed by atoms with van der Waals surface area (Å²) in [6.07, 6.45) is -0.739. The number of rotatable bonds is 8. The van der Waals surface area contributed by atoms with E-state index in [1.807, 2.05) is 88.4 Å². The fraction of sp³-hybridized carbons (Fsp3) is 0.480. The molecular weight excluding hydrogens is 380 g/mol. The Morgan fingerprint density at radius 3 is 1.57 bits per heavy atom. The second kappa shape index (κ2) is 12.2. The van der Waals surface area contributed by atoms with E-state index >= 15 is 0 Å². The summed E-state index contributed by atoms with van der Waals surface area (Å²) in [6, 6.07) is 18.9. The van der Waals surface area contributed by atoms with E-state index in [-0.39, 0.29) is 23.9 Å². The van der Waals surface area contributed by atoms with Gasteiger partial charge in [-0.2, -0.15) is 0 Å². The number of carbonyl (C=O) groups excluding carboxylic acids is 1. The van der Waals surface area contributed by atoms with Crippen molar-refractivity contribution in [3.8, 4) is 11.5 Å². The molecule has 0 saturated carbocycles. The summed E-state index contributed by atoms with van der Waals surface area (Å²) in [7, 11) is 1.37. The Bertz CT molecular complexity index is 720. The highest BCUT2D eigenvalue weighted by Crippen LogP contribution is 2.23. The van der Waals surface area contributed by atoms with Gasteiger partial charge in [0.25, 0.3) is 0 Å². The Balaban J connectivity index is 0.000000300. The van der Waals surface area contributed by atoms with Gasteiger partial charge in [-0.25, -0.2) is 4.79 Å². The number of carbonyl (C=O) groups is 1. The monoisotopic (exact) mass is 416 g/mol. The first-order valence-corrected chi connectivity index (χ1v) is 10.3. The maximum Gasteiger partial charge on any atom is 0.347 e. The number of methoxy groups -OCH3 is 1. The van der Waals surface area contributed by atoms with Crippen molar-refractivity contribution in [2.45, 2.75) is 59.4 Å². The van der Waals surface area contributed by atoms with Crippen molar-refractivity contribution < 1.29 is 24.1 Å². The number of ether oxygens (including phenoxy) is 3. The van der Waals surface area contributed by atoms with Gasteiger partial charge in [-0.1, -0.05) is 64.1 Å². The molecule has 0 aliphatic carbocycles. The quantitative estimate of drug-likeness (QED) is 0.605. The van der Waals surface area contributed by atoms with Gasteiger partial charge in [0, 0.05) is 5.92 Å². The average Bonchev–Trinajstić information content (AvgIpc) is 2.70. The number of benzene rings is 2. The summed E-state index contributed by atoms with van der Waals surface area (Å²) < 4.78 is 16.0. The van der Waals surface area contributed by atoms with Crippen LogP contribution in [0.1, 0.15) is 41.5 Å². The van der Waals surface area contributed by atoms with Crippen LogP contribution in [0.3, 0.4) is 0 Å². The van der Waals surface area contributed by atoms with Gasteiger partial charge in [-0.05, 0) is 44.0 Å². The lowest BCUT2D eigenvalue weighted by atomic mass is 9.92. The molecular formula is C25H36O5. The SMILES string of the molecule is CC(C)[C@@H](Oc1ccccc1)C(C)(C)O.COC(=O)[C@H](Oc1ccccc1)C(C)C. The van der Waals surface area contributed by atoms with Crippen LogP contribution in [-0.4, -0.2) is 36.0 Å². The molecule has 5 nitrogen and oxygen atoms in total. The van der Waals surface area contributed by atoms with Crippen molar-refractivity contribution in [1.29, 1.82) is 0 Å². The molecule has 166 valence electrons. The van der Waals surface area contributed by atoms with Crippen LogP contribution in [0.5, 0.6) is 11.5 Å². The van der Waals surface area contributed by atoms with Gasteiger partial charge in [-0.15, -0.1) is 0 Å². The lowest BCUT2D eigenvalue weighted by molar-refractivity contribution is -0.150. The van der Waals surface area contributed by atoms with Crippen LogP contribution >= 0.6 is 0 Å². The third-order valence-electron chi connectivity index (χ3n) is 4.35. The van der Waals surface area contributed by atoms with Gasteiger partial charge in [0.05, 0.1) is 12.7 Å². The predicted octanol–water partition coefficient (Wildman–Crippen LogP) is 5.12. The summed E-state index contributed by atoms with van der Waals surface area (Å²) in [5, 5.41) is 9.98. The molecule has 0 saturated heterocycles. The van der Waals surface area contributed by atoms with E-state index in [1.54, 1.807) is 13.8 Å². The Hall–Kier alpha value is -2.53. The zero-order chi connectivity index (χ0) is 22.7. The normalized spacial score (nSPS) is 13.1. The summed E-state index contributed by atoms with van der Waals surface area (Å²) in [4.78, 5) is 11.4. The van der Waals surface area contributed by atoms with E-state index in [2.05, 4.69) is 4.74 Å². The van der Waals surface area contributed by atoms with E-state index in [4.69, 9.17) is 9.47 Å². The van der Waals surface area contributed by atoms with Crippen LogP contribution in [0.25, 0.3) is 0 Å². The van der Waals surface area contributed by atoms with Crippen LogP contribution in [0.15, 0.2) is 60.7 Å². The van der Waals surface area contributed by atoms with E-state index in [9.17, 15) is 9.90 Å². The Morgan fingerprint density at radius 2 is 1.23 bits per heavy atom. The topological polar surface area (TPSA) is 65.0 Å². The van der Waals surface area contributed by atoms with E-state index in [0.29, 0.717) is 5.75 Å². The largest absolute Gasteiger partial charge is 0.487 e. The minimum absolute atomic E-state index is 0.0812. The van der Waals surface area contributed by atoms with Crippen molar-refractivity contribution in [3.05, 3.63) is 60.7 Å². The van der Waals surface area contributed by atoms with Crippen LogP contribution in [0.4, 0.5) is 0 Å². The van der Waals surface area contributed by atoms with Crippen molar-refractivity contribution >= 4 is 5.97 Å². The summed E-state index contributed by atoms with van der Waals surface area (Å²) >= 11 is 0. The standard InChI is InChI=1S/C13H20O2.C12H16O3/c1-10(2)12(13(3,4)14)15-11-8-6-5-7-9-11;1-9(2)11(12(13)14-3)15-10-7-5-4-6-8-10/h5-10,12,14H,1-4H3;4-9,11H,1-3H3/t12-;11-/m11/s1. The predicted molar refractivity (Wildman–Crippen MR) is 120 cm³/mol. The fourth-order valence-corrected chi connectivity index (χ4v) is 2.96. The molecule has 2 aromatic rings. The Labute approximate surface area is 181 Å². The first kappa shape index (κ1) is 25.5. The van der Waals surface area contributed by atoms with Crippen LogP contribution in [-0.2, 0) is 9.53 Å². The molecule has 30 heavy (non-hydrogen) atoms. The highest BCUT2D eigenvalue weighted by molar-refractivity contribution is 5.75. The van der Waals surface area contributed by atoms with Crippen molar-refractivity contribution in [2.24, 2.45) is 11.8 Å². The van der Waals surface area contributed by atoms with Gasteiger partial charge < -0.3 is 19.3 Å². The maximum absolute atomic E-state index is 11.4.